The first-order chi connectivity index (χ1) is 43.1. The minimum Gasteiger partial charge on any atom is -0.481 e. The van der Waals surface area contributed by atoms with Crippen molar-refractivity contribution in [2.24, 2.45) is 17.6 Å². The average Bonchev–Trinajstić information content (AvgIpc) is 1.64. The van der Waals surface area contributed by atoms with E-state index in [4.69, 9.17) is 5.73 Å². The molecule has 0 aliphatic carbocycles. The molecular weight excluding hydrogens is 1220 g/mol. The molecule has 0 bridgehead atoms. The molecule has 0 aromatic carbocycles. The maximum atomic E-state index is 14.0. The molecule has 3 aliphatic rings. The second-order valence-corrected chi connectivity index (χ2v) is 23.2. The van der Waals surface area contributed by atoms with Gasteiger partial charge in [0.2, 0.25) is 88.6 Å². The highest BCUT2D eigenvalue weighted by Gasteiger charge is 2.42. The number of carboxylic acid groups (broad SMARTS) is 2. The lowest BCUT2D eigenvalue weighted by Gasteiger charge is -2.31. The van der Waals surface area contributed by atoms with E-state index in [9.17, 15) is 107 Å². The maximum Gasteiger partial charge on any atom is 0.305 e. The Morgan fingerprint density at radius 3 is 1.32 bits per heavy atom. The predicted octanol–water partition coefficient (Wildman–Crippen LogP) is -9.23. The zero-order valence-corrected chi connectivity index (χ0v) is 52.1. The summed E-state index contributed by atoms with van der Waals surface area (Å²) in [5, 5.41) is 77.6. The SMILES string of the molecule is CC(C)C[C@@H]1NC(=O)[C@@H]2CCCN2C(=O)[C@H](CO)NC(=O)[C@H](C)NC(=O)[C@H](CCC(=O)O)NC(=O)[C@H](CC(=O)O)NC(=O)[C@H](CCC(N)=O)NC(=O)[C@H](C)NC(=O)[C@H](CO)NC(=O)[C@@H]2CCCN2C(=O)[C@H](CO)NC(=O)CNC(=O)[C@H](C)NC(=O)[C@H](C(C)C)NC1=O. The Labute approximate surface area is 528 Å². The standard InChI is InChI=1S/C55H87N15O22/c1-24(2)18-31-49(86)68-42(25(3)4)53(90)60-26(5)43(80)57-20-39(75)61-34(22-72)54(91)69-16-9-11-37(69)52(89)66-33(21-71)50(87)59-27(6)44(81)62-29(12-14-38(56)74)47(84)64-32(19-41(78)79)48(85)63-30(13-15-40(76)77)46(83)58-28(7)45(82)67-35(23-73)55(92)70-17-8-10-36(70)51(88)65-31/h24-37,42,71-73H,8-23H2,1-7H3,(H2,56,74)(H,57,80)(H,58,83)(H,59,87)(H,60,90)(H,61,75)(H,62,81)(H,63,85)(H,64,84)(H,65,88)(H,66,89)(H,67,82)(H,68,86)(H,76,77)(H,78,79)/t26-,27-,28-,29-,30-,31-,32-,33-,34-,35-,36-,37-,42-/m0/s1. The number of carbonyl (C=O) groups is 17. The summed E-state index contributed by atoms with van der Waals surface area (Å²) in [4.78, 5) is 229. The molecule has 19 N–H and O–H groups in total. The van der Waals surface area contributed by atoms with Gasteiger partial charge in [0.15, 0.2) is 0 Å². The Kier molecular flexibility index (Phi) is 30.7. The Morgan fingerprint density at radius 1 is 0.457 bits per heavy atom. The molecule has 3 aliphatic heterocycles. The third kappa shape index (κ3) is 23.6. The molecule has 0 unspecified atom stereocenters. The van der Waals surface area contributed by atoms with Gasteiger partial charge in [-0.3, -0.25) is 81.5 Å². The normalized spacial score (nSPS) is 28.5. The van der Waals surface area contributed by atoms with Crippen molar-refractivity contribution < 1.29 is 107 Å². The average molecular weight is 1310 g/mol. The number of nitrogens with two attached hydrogens (primary N) is 1. The molecule has 0 aromatic rings. The van der Waals surface area contributed by atoms with Crippen LogP contribution in [-0.4, -0.2) is 254 Å². The number of aliphatic hydroxyl groups is 3. The summed E-state index contributed by atoms with van der Waals surface area (Å²) in [6.45, 7) is 5.91. The molecule has 37 nitrogen and oxygen atoms in total. The summed E-state index contributed by atoms with van der Waals surface area (Å²) < 4.78 is 0. The second kappa shape index (κ2) is 36.6. The fourth-order valence-corrected chi connectivity index (χ4v) is 9.91. The number of nitrogens with one attached hydrogen (secondary N) is 12. The van der Waals surface area contributed by atoms with Crippen LogP contribution in [0.15, 0.2) is 0 Å². The number of carboxylic acids is 2. The first-order valence-corrected chi connectivity index (χ1v) is 29.9. The van der Waals surface area contributed by atoms with Crippen molar-refractivity contribution in [3.8, 4) is 0 Å². The number of aliphatic carboxylic acids is 2. The second-order valence-electron chi connectivity index (χ2n) is 23.2. The molecule has 3 heterocycles. The first kappa shape index (κ1) is 77.1. The fourth-order valence-electron chi connectivity index (χ4n) is 9.91. The van der Waals surface area contributed by atoms with Gasteiger partial charge in [0, 0.05) is 25.9 Å². The molecule has 0 aromatic heterocycles. The van der Waals surface area contributed by atoms with Gasteiger partial charge in [0.25, 0.3) is 0 Å². The molecule has 37 heteroatoms. The van der Waals surface area contributed by atoms with E-state index in [1.165, 1.54) is 6.92 Å². The fraction of sp³-hybridized carbons (Fsp3) is 0.691. The molecule has 0 spiro atoms. The van der Waals surface area contributed by atoms with Crippen molar-refractivity contribution in [2.75, 3.05) is 39.5 Å². The Balaban J connectivity index is 2.04. The van der Waals surface area contributed by atoms with E-state index in [0.717, 1.165) is 23.6 Å². The van der Waals surface area contributed by atoms with Crippen molar-refractivity contribution in [3.05, 3.63) is 0 Å². The van der Waals surface area contributed by atoms with E-state index in [2.05, 4.69) is 63.8 Å². The lowest BCUT2D eigenvalue weighted by Crippen LogP contribution is -2.61. The van der Waals surface area contributed by atoms with Crippen molar-refractivity contribution in [2.45, 2.75) is 191 Å². The van der Waals surface area contributed by atoms with Crippen LogP contribution in [-0.2, 0) is 81.5 Å². The van der Waals surface area contributed by atoms with Crippen molar-refractivity contribution in [1.29, 1.82) is 0 Å². The number of hydrogen-bond acceptors (Lipinski definition) is 20. The molecule has 3 rings (SSSR count). The highest BCUT2D eigenvalue weighted by atomic mass is 16.4. The molecule has 514 valence electrons. The Bertz CT molecular complexity index is 2770. The zero-order valence-electron chi connectivity index (χ0n) is 52.1. The summed E-state index contributed by atoms with van der Waals surface area (Å²) in [6.07, 6.45) is -3.53. The molecule has 0 radical (unpaired) electrons. The van der Waals surface area contributed by atoms with Gasteiger partial charge in [-0.15, -0.1) is 0 Å². The molecule has 0 saturated carbocycles. The number of nitrogens with zero attached hydrogens (tertiary/aromatic N) is 2. The maximum absolute atomic E-state index is 14.0. The lowest BCUT2D eigenvalue weighted by atomic mass is 9.99. The number of amides is 15. The quantitative estimate of drug-likeness (QED) is 0.0768. The van der Waals surface area contributed by atoms with Gasteiger partial charge in [-0.25, -0.2) is 0 Å². The number of aliphatic hydroxyl groups excluding tert-OH is 3. The van der Waals surface area contributed by atoms with Crippen LogP contribution in [0.3, 0.4) is 0 Å². The predicted molar refractivity (Wildman–Crippen MR) is 314 cm³/mol. The van der Waals surface area contributed by atoms with Crippen LogP contribution in [0.1, 0.15) is 113 Å². The zero-order chi connectivity index (χ0) is 69.4. The molecule has 3 saturated heterocycles. The summed E-state index contributed by atoms with van der Waals surface area (Å²) in [5.41, 5.74) is 5.30. The van der Waals surface area contributed by atoms with E-state index in [-0.39, 0.29) is 51.1 Å². The third-order valence-corrected chi connectivity index (χ3v) is 15.0. The highest BCUT2D eigenvalue weighted by Crippen LogP contribution is 2.21. The van der Waals surface area contributed by atoms with E-state index in [0.29, 0.717) is 0 Å². The van der Waals surface area contributed by atoms with Crippen LogP contribution in [0, 0.1) is 11.8 Å². The first-order valence-electron chi connectivity index (χ1n) is 29.9. The lowest BCUT2D eigenvalue weighted by molar-refractivity contribution is -0.143. The van der Waals surface area contributed by atoms with Crippen LogP contribution in [0.2, 0.25) is 0 Å². The molecule has 13 atom stereocenters. The largest absolute Gasteiger partial charge is 0.481 e. The van der Waals surface area contributed by atoms with Crippen LogP contribution in [0.25, 0.3) is 0 Å². The summed E-state index contributed by atoms with van der Waals surface area (Å²) in [6, 6.07) is -21.1. The number of fused-ring (bicyclic) bond motifs is 2. The van der Waals surface area contributed by atoms with Crippen molar-refractivity contribution in [1.82, 2.24) is 73.6 Å². The van der Waals surface area contributed by atoms with Crippen LogP contribution in [0.5, 0.6) is 0 Å². The van der Waals surface area contributed by atoms with Gasteiger partial charge in [0.1, 0.15) is 78.5 Å². The van der Waals surface area contributed by atoms with Gasteiger partial charge >= 0.3 is 11.9 Å². The smallest absolute Gasteiger partial charge is 0.305 e. The van der Waals surface area contributed by atoms with Gasteiger partial charge < -0.3 is 105 Å². The number of hydrogen-bond donors (Lipinski definition) is 18. The highest BCUT2D eigenvalue weighted by molar-refractivity contribution is 6.01. The van der Waals surface area contributed by atoms with Crippen LogP contribution in [0.4, 0.5) is 0 Å². The molecule has 3 fully saturated rings. The molecular formula is C55H87N15O22. The summed E-state index contributed by atoms with van der Waals surface area (Å²) in [7, 11) is 0. The van der Waals surface area contributed by atoms with Gasteiger partial charge in [-0.2, -0.15) is 0 Å². The van der Waals surface area contributed by atoms with E-state index in [1.807, 2.05) is 0 Å². The van der Waals surface area contributed by atoms with Crippen LogP contribution >= 0.6 is 0 Å². The Morgan fingerprint density at radius 2 is 0.848 bits per heavy atom. The Hall–Kier alpha value is -9.13. The number of primary amides is 1. The monoisotopic (exact) mass is 1310 g/mol. The van der Waals surface area contributed by atoms with Gasteiger partial charge in [-0.05, 0) is 77.6 Å². The molecule has 92 heavy (non-hydrogen) atoms. The van der Waals surface area contributed by atoms with Gasteiger partial charge in [0.05, 0.1) is 32.8 Å². The molecule has 15 amide bonds. The van der Waals surface area contributed by atoms with E-state index in [1.54, 1.807) is 27.7 Å². The summed E-state index contributed by atoms with van der Waals surface area (Å²) in [5.74, 6) is -20.1. The van der Waals surface area contributed by atoms with Crippen molar-refractivity contribution >= 4 is 101 Å². The topological polar surface area (TPSA) is 568 Å². The summed E-state index contributed by atoms with van der Waals surface area (Å²) >= 11 is 0. The van der Waals surface area contributed by atoms with Crippen LogP contribution < -0.4 is 69.5 Å². The minimum absolute atomic E-state index is 0.00699. The number of rotatable bonds is 14. The van der Waals surface area contributed by atoms with Crippen molar-refractivity contribution in [3.63, 3.8) is 0 Å². The minimum atomic E-state index is -2.13. The number of carbonyl (C=O) groups excluding carboxylic acids is 15. The van der Waals surface area contributed by atoms with E-state index >= 15 is 0 Å². The van der Waals surface area contributed by atoms with E-state index < -0.39 is 243 Å². The van der Waals surface area contributed by atoms with Gasteiger partial charge in [-0.1, -0.05) is 27.7 Å². The third-order valence-electron chi connectivity index (χ3n) is 15.0.